The van der Waals surface area contributed by atoms with E-state index in [9.17, 15) is 9.18 Å². The third-order valence-corrected chi connectivity index (χ3v) is 4.34. The van der Waals surface area contributed by atoms with Gasteiger partial charge in [-0.25, -0.2) is 4.39 Å². The Morgan fingerprint density at radius 2 is 1.87 bits per heavy atom. The molecule has 2 aromatic rings. The lowest BCUT2D eigenvalue weighted by Crippen LogP contribution is -2.31. The normalized spacial score (nSPS) is 17.3. The van der Waals surface area contributed by atoms with E-state index >= 15 is 0 Å². The van der Waals surface area contributed by atoms with Crippen LogP contribution in [0, 0.1) is 5.82 Å². The summed E-state index contributed by atoms with van der Waals surface area (Å²) in [6.45, 7) is 0.775. The van der Waals surface area contributed by atoms with Crippen LogP contribution in [0.4, 0.5) is 4.39 Å². The fourth-order valence-electron chi connectivity index (χ4n) is 3.12. The van der Waals surface area contributed by atoms with Crippen molar-refractivity contribution in [3.05, 3.63) is 65.5 Å². The second kappa shape index (κ2) is 6.82. The van der Waals surface area contributed by atoms with Gasteiger partial charge in [0.2, 0.25) is 5.91 Å². The van der Waals surface area contributed by atoms with E-state index < -0.39 is 0 Å². The maximum absolute atomic E-state index is 13.0. The molecule has 1 atom stereocenters. The topological polar surface area (TPSA) is 29.5 Å². The molecule has 3 rings (SSSR count). The lowest BCUT2D eigenvalue weighted by atomic mass is 10.0. The first kappa shape index (κ1) is 15.5. The minimum atomic E-state index is -0.279. The van der Waals surface area contributed by atoms with E-state index in [1.165, 1.54) is 12.1 Å². The van der Waals surface area contributed by atoms with E-state index in [1.807, 2.05) is 29.2 Å². The molecular formula is C19H20FNO2. The van der Waals surface area contributed by atoms with Crippen molar-refractivity contribution in [2.45, 2.75) is 25.3 Å². The van der Waals surface area contributed by atoms with Gasteiger partial charge in [-0.1, -0.05) is 24.3 Å². The maximum Gasteiger partial charge on any atom is 0.227 e. The maximum atomic E-state index is 13.0. The molecule has 0 spiro atoms. The Hall–Kier alpha value is -2.36. The Balaban J connectivity index is 1.72. The molecule has 0 aliphatic carbocycles. The van der Waals surface area contributed by atoms with Crippen molar-refractivity contribution >= 4 is 5.91 Å². The van der Waals surface area contributed by atoms with Crippen molar-refractivity contribution in [2.75, 3.05) is 13.7 Å². The van der Waals surface area contributed by atoms with E-state index in [4.69, 9.17) is 4.74 Å². The number of ether oxygens (including phenoxy) is 1. The molecule has 1 aliphatic heterocycles. The van der Waals surface area contributed by atoms with Crippen LogP contribution in [0.25, 0.3) is 0 Å². The quantitative estimate of drug-likeness (QED) is 0.860. The molecule has 23 heavy (non-hydrogen) atoms. The summed E-state index contributed by atoms with van der Waals surface area (Å²) >= 11 is 0. The number of likely N-dealkylation sites (tertiary alicyclic amines) is 1. The molecule has 0 unspecified atom stereocenters. The number of amides is 1. The van der Waals surface area contributed by atoms with Crippen molar-refractivity contribution in [1.82, 2.24) is 4.90 Å². The standard InChI is InChI=1S/C19H20FNO2/c1-23-17-10-6-15(7-11-17)18-3-2-12-21(18)19(22)13-14-4-8-16(20)9-5-14/h4-11,18H,2-3,12-13H2,1H3/t18-/m0/s1. The van der Waals surface area contributed by atoms with Gasteiger partial charge >= 0.3 is 0 Å². The highest BCUT2D eigenvalue weighted by atomic mass is 19.1. The fraction of sp³-hybridized carbons (Fsp3) is 0.316. The molecule has 1 fully saturated rings. The van der Waals surface area contributed by atoms with Gasteiger partial charge in [-0.2, -0.15) is 0 Å². The van der Waals surface area contributed by atoms with Crippen LogP contribution in [0.5, 0.6) is 5.75 Å². The van der Waals surface area contributed by atoms with Crippen LogP contribution >= 0.6 is 0 Å². The van der Waals surface area contributed by atoms with Gasteiger partial charge in [0.05, 0.1) is 19.6 Å². The van der Waals surface area contributed by atoms with Gasteiger partial charge in [0, 0.05) is 6.54 Å². The summed E-state index contributed by atoms with van der Waals surface area (Å²) in [5, 5.41) is 0. The number of nitrogens with zero attached hydrogens (tertiary/aromatic N) is 1. The van der Waals surface area contributed by atoms with Gasteiger partial charge in [0.1, 0.15) is 11.6 Å². The zero-order valence-electron chi connectivity index (χ0n) is 13.2. The number of benzene rings is 2. The number of hydrogen-bond donors (Lipinski definition) is 0. The third kappa shape index (κ3) is 3.52. The zero-order valence-corrected chi connectivity index (χ0v) is 13.2. The molecule has 4 heteroatoms. The minimum absolute atomic E-state index is 0.0925. The molecule has 0 radical (unpaired) electrons. The zero-order chi connectivity index (χ0) is 16.2. The molecule has 0 N–H and O–H groups in total. The van der Waals surface area contributed by atoms with E-state index in [-0.39, 0.29) is 17.8 Å². The van der Waals surface area contributed by atoms with Crippen LogP contribution in [-0.4, -0.2) is 24.5 Å². The molecule has 3 nitrogen and oxygen atoms in total. The van der Waals surface area contributed by atoms with Gasteiger partial charge in [-0.15, -0.1) is 0 Å². The molecule has 1 heterocycles. The average Bonchev–Trinajstić information content (AvgIpc) is 3.07. The summed E-state index contributed by atoms with van der Waals surface area (Å²) in [6, 6.07) is 14.2. The van der Waals surface area contributed by atoms with E-state index in [1.54, 1.807) is 19.2 Å². The lowest BCUT2D eigenvalue weighted by Gasteiger charge is -2.25. The van der Waals surface area contributed by atoms with Crippen molar-refractivity contribution in [3.63, 3.8) is 0 Å². The first-order chi connectivity index (χ1) is 11.2. The highest BCUT2D eigenvalue weighted by Crippen LogP contribution is 2.33. The highest BCUT2D eigenvalue weighted by molar-refractivity contribution is 5.79. The van der Waals surface area contributed by atoms with Gasteiger partial charge < -0.3 is 9.64 Å². The molecule has 2 aromatic carbocycles. The van der Waals surface area contributed by atoms with E-state index in [2.05, 4.69) is 0 Å². The molecular weight excluding hydrogens is 293 g/mol. The number of hydrogen-bond acceptors (Lipinski definition) is 2. The van der Waals surface area contributed by atoms with Crippen LogP contribution in [0.3, 0.4) is 0 Å². The minimum Gasteiger partial charge on any atom is -0.497 e. The molecule has 0 saturated carbocycles. The summed E-state index contributed by atoms with van der Waals surface area (Å²) < 4.78 is 18.1. The number of halogens is 1. The van der Waals surface area contributed by atoms with Crippen molar-refractivity contribution in [2.24, 2.45) is 0 Å². The highest BCUT2D eigenvalue weighted by Gasteiger charge is 2.29. The number of carbonyl (C=O) groups excluding carboxylic acids is 1. The molecule has 1 saturated heterocycles. The lowest BCUT2D eigenvalue weighted by molar-refractivity contribution is -0.131. The van der Waals surface area contributed by atoms with Crippen LogP contribution in [0.15, 0.2) is 48.5 Å². The number of carbonyl (C=O) groups is 1. The fourth-order valence-corrected chi connectivity index (χ4v) is 3.12. The second-order valence-corrected chi connectivity index (χ2v) is 5.82. The largest absolute Gasteiger partial charge is 0.497 e. The number of rotatable bonds is 4. The van der Waals surface area contributed by atoms with Crippen LogP contribution in [-0.2, 0) is 11.2 Å². The van der Waals surface area contributed by atoms with Crippen LogP contribution in [0.1, 0.15) is 30.0 Å². The first-order valence-electron chi connectivity index (χ1n) is 7.85. The third-order valence-electron chi connectivity index (χ3n) is 4.34. The summed E-state index contributed by atoms with van der Waals surface area (Å²) in [5.74, 6) is 0.629. The Bertz CT molecular complexity index is 667. The summed E-state index contributed by atoms with van der Waals surface area (Å²) in [4.78, 5) is 14.5. The first-order valence-corrected chi connectivity index (χ1v) is 7.85. The SMILES string of the molecule is COc1ccc([C@@H]2CCCN2C(=O)Cc2ccc(F)cc2)cc1. The Morgan fingerprint density at radius 3 is 2.52 bits per heavy atom. The van der Waals surface area contributed by atoms with Gasteiger partial charge in [0.25, 0.3) is 0 Å². The van der Waals surface area contributed by atoms with Crippen LogP contribution in [0.2, 0.25) is 0 Å². The smallest absolute Gasteiger partial charge is 0.227 e. The monoisotopic (exact) mass is 313 g/mol. The molecule has 0 bridgehead atoms. The van der Waals surface area contributed by atoms with E-state index in [0.29, 0.717) is 6.42 Å². The molecule has 0 aromatic heterocycles. The van der Waals surface area contributed by atoms with Crippen molar-refractivity contribution in [1.29, 1.82) is 0 Å². The summed E-state index contributed by atoms with van der Waals surface area (Å²) in [5.41, 5.74) is 1.98. The van der Waals surface area contributed by atoms with Gasteiger partial charge in [-0.3, -0.25) is 4.79 Å². The average molecular weight is 313 g/mol. The Morgan fingerprint density at radius 1 is 1.17 bits per heavy atom. The van der Waals surface area contributed by atoms with E-state index in [0.717, 1.165) is 36.3 Å². The van der Waals surface area contributed by atoms with Crippen LogP contribution < -0.4 is 4.74 Å². The van der Waals surface area contributed by atoms with Crippen molar-refractivity contribution in [3.8, 4) is 5.75 Å². The van der Waals surface area contributed by atoms with Crippen molar-refractivity contribution < 1.29 is 13.9 Å². The summed E-state index contributed by atoms with van der Waals surface area (Å²) in [6.07, 6.45) is 2.29. The predicted octanol–water partition coefficient (Wildman–Crippen LogP) is 3.74. The summed E-state index contributed by atoms with van der Waals surface area (Å²) in [7, 11) is 1.64. The molecule has 1 amide bonds. The van der Waals surface area contributed by atoms with Gasteiger partial charge in [0.15, 0.2) is 0 Å². The number of methoxy groups -OCH3 is 1. The predicted molar refractivity (Wildman–Crippen MR) is 86.8 cm³/mol. The Labute approximate surface area is 135 Å². The molecule has 1 aliphatic rings. The Kier molecular flexibility index (Phi) is 4.60. The second-order valence-electron chi connectivity index (χ2n) is 5.82. The van der Waals surface area contributed by atoms with Gasteiger partial charge in [-0.05, 0) is 48.2 Å². The molecule has 120 valence electrons.